The number of para-hydroxylation sites is 1. The van der Waals surface area contributed by atoms with Crippen LogP contribution in [0.1, 0.15) is 30.8 Å². The molecular weight excluding hydrogens is 250 g/mol. The molecule has 18 heavy (non-hydrogen) atoms. The number of carbonyl (C=O) groups is 1. The van der Waals surface area contributed by atoms with E-state index in [1.165, 1.54) is 0 Å². The molecule has 0 fully saturated rings. The fourth-order valence-electron chi connectivity index (χ4n) is 1.96. The molecule has 0 spiro atoms. The molecule has 3 nitrogen and oxygen atoms in total. The van der Waals surface area contributed by atoms with Crippen LogP contribution in [0, 0.1) is 0 Å². The number of hydrogen-bond donors (Lipinski definition) is 1. The lowest BCUT2D eigenvalue weighted by Crippen LogP contribution is -2.28. The second kappa shape index (κ2) is 5.55. The minimum atomic E-state index is -0.00397. The molecule has 2 aromatic rings. The van der Waals surface area contributed by atoms with Gasteiger partial charge in [0.05, 0.1) is 5.02 Å². The van der Waals surface area contributed by atoms with E-state index in [-0.39, 0.29) is 11.8 Å². The molecule has 0 saturated carbocycles. The first-order valence-electron chi connectivity index (χ1n) is 6.06. The van der Waals surface area contributed by atoms with Crippen molar-refractivity contribution in [2.45, 2.75) is 26.3 Å². The van der Waals surface area contributed by atoms with Gasteiger partial charge in [-0.2, -0.15) is 0 Å². The average Bonchev–Trinajstić information content (AvgIpc) is 2.74. The number of Topliss-reactive ketones (excluding diaryl/α,β-unsaturated/α-hetero) is 1. The summed E-state index contributed by atoms with van der Waals surface area (Å²) in [5, 5.41) is 4.60. The highest BCUT2D eigenvalue weighted by atomic mass is 35.5. The van der Waals surface area contributed by atoms with Gasteiger partial charge < -0.3 is 9.73 Å². The molecule has 0 saturated heterocycles. The fraction of sp³-hybridized carbons (Fsp3) is 0.357. The lowest BCUT2D eigenvalue weighted by molar-refractivity contribution is 0.0947. The summed E-state index contributed by atoms with van der Waals surface area (Å²) in [5.41, 5.74) is 0.582. The first kappa shape index (κ1) is 13.1. The van der Waals surface area contributed by atoms with E-state index in [1.54, 1.807) is 12.1 Å². The van der Waals surface area contributed by atoms with E-state index in [1.807, 2.05) is 26.0 Å². The maximum absolute atomic E-state index is 12.0. The van der Waals surface area contributed by atoms with Crippen molar-refractivity contribution in [1.82, 2.24) is 5.32 Å². The van der Waals surface area contributed by atoms with Gasteiger partial charge in [0.1, 0.15) is 0 Å². The molecule has 1 atom stereocenters. The molecule has 4 heteroatoms. The Bertz CT molecular complexity index is 562. The first-order valence-corrected chi connectivity index (χ1v) is 6.44. The molecule has 1 heterocycles. The molecule has 96 valence electrons. The molecule has 0 aliphatic heterocycles. The van der Waals surface area contributed by atoms with Crippen molar-refractivity contribution in [3.8, 4) is 0 Å². The predicted molar refractivity (Wildman–Crippen MR) is 73.3 cm³/mol. The third-order valence-electron chi connectivity index (χ3n) is 2.82. The Hall–Kier alpha value is -1.32. The van der Waals surface area contributed by atoms with E-state index in [4.69, 9.17) is 16.0 Å². The van der Waals surface area contributed by atoms with Gasteiger partial charge in [-0.15, -0.1) is 0 Å². The Morgan fingerprint density at radius 3 is 2.94 bits per heavy atom. The number of nitrogens with one attached hydrogen (secondary N) is 1. The van der Waals surface area contributed by atoms with Crippen molar-refractivity contribution < 1.29 is 9.21 Å². The average molecular weight is 266 g/mol. The lowest BCUT2D eigenvalue weighted by Gasteiger charge is -2.09. The minimum Gasteiger partial charge on any atom is -0.451 e. The van der Waals surface area contributed by atoms with Gasteiger partial charge in [0.25, 0.3) is 0 Å². The summed E-state index contributed by atoms with van der Waals surface area (Å²) in [6.45, 7) is 4.85. The molecule has 0 radical (unpaired) electrons. The van der Waals surface area contributed by atoms with E-state index in [0.717, 1.165) is 11.9 Å². The third-order valence-corrected chi connectivity index (χ3v) is 3.11. The van der Waals surface area contributed by atoms with Crippen LogP contribution in [0.25, 0.3) is 11.0 Å². The van der Waals surface area contributed by atoms with Crippen LogP contribution in [-0.4, -0.2) is 18.4 Å². The molecule has 1 aromatic carbocycles. The van der Waals surface area contributed by atoms with Gasteiger partial charge in [-0.25, -0.2) is 0 Å². The van der Waals surface area contributed by atoms with Gasteiger partial charge in [0, 0.05) is 17.8 Å². The van der Waals surface area contributed by atoms with Gasteiger partial charge in [-0.05, 0) is 25.6 Å². The van der Waals surface area contributed by atoms with E-state index in [2.05, 4.69) is 5.32 Å². The smallest absolute Gasteiger partial charge is 0.199 e. The number of benzene rings is 1. The van der Waals surface area contributed by atoms with Crippen LogP contribution in [0.15, 0.2) is 28.7 Å². The Morgan fingerprint density at radius 2 is 2.28 bits per heavy atom. The van der Waals surface area contributed by atoms with Crippen molar-refractivity contribution in [2.75, 3.05) is 6.54 Å². The number of halogens is 1. The summed E-state index contributed by atoms with van der Waals surface area (Å²) >= 11 is 6.01. The van der Waals surface area contributed by atoms with Crippen molar-refractivity contribution in [3.63, 3.8) is 0 Å². The molecule has 0 amide bonds. The number of fused-ring (bicyclic) bond motifs is 1. The summed E-state index contributed by atoms with van der Waals surface area (Å²) in [5.74, 6) is 0.374. The van der Waals surface area contributed by atoms with Crippen LogP contribution >= 0.6 is 11.6 Å². The van der Waals surface area contributed by atoms with Crippen molar-refractivity contribution in [3.05, 3.63) is 35.0 Å². The fourth-order valence-corrected chi connectivity index (χ4v) is 2.18. The normalized spacial score (nSPS) is 12.8. The first-order chi connectivity index (χ1) is 8.61. The van der Waals surface area contributed by atoms with Crippen LogP contribution < -0.4 is 5.32 Å². The van der Waals surface area contributed by atoms with Crippen LogP contribution in [0.4, 0.5) is 0 Å². The second-order valence-electron chi connectivity index (χ2n) is 4.35. The van der Waals surface area contributed by atoms with Crippen molar-refractivity contribution in [1.29, 1.82) is 0 Å². The quantitative estimate of drug-likeness (QED) is 0.839. The summed E-state index contributed by atoms with van der Waals surface area (Å²) < 4.78 is 5.53. The van der Waals surface area contributed by atoms with E-state index in [0.29, 0.717) is 22.8 Å². The molecule has 0 aliphatic carbocycles. The highest BCUT2D eigenvalue weighted by Gasteiger charge is 2.16. The number of rotatable bonds is 5. The second-order valence-corrected chi connectivity index (χ2v) is 4.76. The lowest BCUT2D eigenvalue weighted by atomic mass is 10.1. The number of ketones is 1. The zero-order valence-corrected chi connectivity index (χ0v) is 11.3. The Morgan fingerprint density at radius 1 is 1.50 bits per heavy atom. The molecule has 0 aliphatic rings. The maximum atomic E-state index is 12.0. The van der Waals surface area contributed by atoms with Crippen molar-refractivity contribution in [2.24, 2.45) is 0 Å². The Labute approximate surface area is 111 Å². The van der Waals surface area contributed by atoms with Crippen LogP contribution in [-0.2, 0) is 0 Å². The molecule has 1 N–H and O–H groups in total. The minimum absolute atomic E-state index is 0.00397. The number of carbonyl (C=O) groups excluding carboxylic acids is 1. The summed E-state index contributed by atoms with van der Waals surface area (Å²) in [7, 11) is 0. The van der Waals surface area contributed by atoms with Crippen molar-refractivity contribution >= 4 is 28.4 Å². The van der Waals surface area contributed by atoms with Crippen LogP contribution in [0.3, 0.4) is 0 Å². The van der Waals surface area contributed by atoms with E-state index >= 15 is 0 Å². The van der Waals surface area contributed by atoms with Crippen LogP contribution in [0.2, 0.25) is 5.02 Å². The van der Waals surface area contributed by atoms with Gasteiger partial charge in [-0.1, -0.05) is 30.7 Å². The van der Waals surface area contributed by atoms with Gasteiger partial charge in [-0.3, -0.25) is 4.79 Å². The monoisotopic (exact) mass is 265 g/mol. The SMILES string of the molecule is CCNC(C)CC(=O)c1cc2cccc(Cl)c2o1. The topological polar surface area (TPSA) is 42.2 Å². The highest BCUT2D eigenvalue weighted by molar-refractivity contribution is 6.34. The van der Waals surface area contributed by atoms with Gasteiger partial charge in [0.15, 0.2) is 17.1 Å². The summed E-state index contributed by atoms with van der Waals surface area (Å²) in [6, 6.07) is 7.38. The largest absolute Gasteiger partial charge is 0.451 e. The van der Waals surface area contributed by atoms with E-state index < -0.39 is 0 Å². The Balaban J connectivity index is 2.21. The standard InChI is InChI=1S/C14H16ClNO2/c1-3-16-9(2)7-12(17)13-8-10-5-4-6-11(15)14(10)18-13/h4-6,8-9,16H,3,7H2,1-2H3. The summed E-state index contributed by atoms with van der Waals surface area (Å²) in [6.07, 6.45) is 0.422. The molecule has 1 aromatic heterocycles. The van der Waals surface area contributed by atoms with Gasteiger partial charge >= 0.3 is 0 Å². The molecule has 2 rings (SSSR count). The van der Waals surface area contributed by atoms with Gasteiger partial charge in [0.2, 0.25) is 0 Å². The summed E-state index contributed by atoms with van der Waals surface area (Å²) in [4.78, 5) is 12.0. The molecule has 1 unspecified atom stereocenters. The third kappa shape index (κ3) is 2.74. The maximum Gasteiger partial charge on any atom is 0.199 e. The zero-order chi connectivity index (χ0) is 13.1. The molecule has 0 bridgehead atoms. The Kier molecular flexibility index (Phi) is 4.04. The molecular formula is C14H16ClNO2. The number of hydrogen-bond acceptors (Lipinski definition) is 3. The number of furan rings is 1. The zero-order valence-electron chi connectivity index (χ0n) is 10.5. The van der Waals surface area contributed by atoms with E-state index in [9.17, 15) is 4.79 Å². The predicted octanol–water partition coefficient (Wildman–Crippen LogP) is 3.66. The van der Waals surface area contributed by atoms with Crippen LogP contribution in [0.5, 0.6) is 0 Å². The highest BCUT2D eigenvalue weighted by Crippen LogP contribution is 2.27.